The van der Waals surface area contributed by atoms with Gasteiger partial charge < -0.3 is 15.5 Å². The van der Waals surface area contributed by atoms with Gasteiger partial charge in [-0.05, 0) is 54.5 Å². The maximum Gasteiger partial charge on any atom is 0.319 e. The minimum absolute atomic E-state index is 0.166. The fourth-order valence-corrected chi connectivity index (χ4v) is 3.28. The summed E-state index contributed by atoms with van der Waals surface area (Å²) in [6.07, 6.45) is 1.75. The van der Waals surface area contributed by atoms with Gasteiger partial charge in [-0.15, -0.1) is 0 Å². The van der Waals surface area contributed by atoms with E-state index in [0.29, 0.717) is 6.54 Å². The number of carbonyl (C=O) groups excluding carboxylic acids is 1. The molecule has 0 unspecified atom stereocenters. The molecule has 0 spiro atoms. The third-order valence-corrected chi connectivity index (χ3v) is 4.54. The predicted octanol–water partition coefficient (Wildman–Crippen LogP) is 4.19. The normalized spacial score (nSPS) is 12.3. The van der Waals surface area contributed by atoms with Gasteiger partial charge in [-0.3, -0.25) is 0 Å². The molecule has 2 aromatic carbocycles. The minimum atomic E-state index is -0.166. The molecule has 2 amide bonds. The maximum absolute atomic E-state index is 11.9. The van der Waals surface area contributed by atoms with E-state index in [1.54, 1.807) is 0 Å². The van der Waals surface area contributed by atoms with Gasteiger partial charge in [0.05, 0.1) is 0 Å². The summed E-state index contributed by atoms with van der Waals surface area (Å²) >= 11 is 4.14. The van der Waals surface area contributed by atoms with Crippen LogP contribution in [0.25, 0.3) is 0 Å². The maximum atomic E-state index is 11.9. The van der Waals surface area contributed by atoms with E-state index in [9.17, 15) is 4.79 Å². The largest absolute Gasteiger partial charge is 0.341 e. The first kappa shape index (κ1) is 16.7. The van der Waals surface area contributed by atoms with Crippen molar-refractivity contribution in [2.24, 2.45) is 0 Å². The van der Waals surface area contributed by atoms with Crippen LogP contribution in [0.4, 0.5) is 21.9 Å². The number of benzene rings is 2. The molecule has 1 aliphatic heterocycles. The second-order valence-corrected chi connectivity index (χ2v) is 6.30. The monoisotopic (exact) mass is 341 g/mol. The molecule has 0 radical (unpaired) electrons. The summed E-state index contributed by atoms with van der Waals surface area (Å²) in [5, 5.41) is 5.75. The quantitative estimate of drug-likeness (QED) is 0.564. The van der Waals surface area contributed by atoms with Crippen LogP contribution in [0.15, 0.2) is 42.5 Å². The van der Waals surface area contributed by atoms with Crippen molar-refractivity contribution < 1.29 is 4.79 Å². The molecular weight excluding hydrogens is 318 g/mol. The first-order valence-electron chi connectivity index (χ1n) is 8.37. The van der Waals surface area contributed by atoms with Crippen LogP contribution in [0.5, 0.6) is 0 Å². The third-order valence-electron chi connectivity index (χ3n) is 4.23. The summed E-state index contributed by atoms with van der Waals surface area (Å²) in [6.45, 7) is 3.71. The van der Waals surface area contributed by atoms with Crippen molar-refractivity contribution in [3.8, 4) is 0 Å². The highest BCUT2D eigenvalue weighted by atomic mass is 32.1. The first-order valence-corrected chi connectivity index (χ1v) is 9.00. The summed E-state index contributed by atoms with van der Waals surface area (Å²) in [5.41, 5.74) is 5.88. The molecule has 24 heavy (non-hydrogen) atoms. The molecule has 0 saturated heterocycles. The van der Waals surface area contributed by atoms with Crippen molar-refractivity contribution in [2.75, 3.05) is 29.1 Å². The van der Waals surface area contributed by atoms with E-state index in [0.717, 1.165) is 30.8 Å². The van der Waals surface area contributed by atoms with Gasteiger partial charge in [0, 0.05) is 36.6 Å². The summed E-state index contributed by atoms with van der Waals surface area (Å²) in [5.74, 6) is 0.769. The lowest BCUT2D eigenvalue weighted by Gasteiger charge is -2.32. The van der Waals surface area contributed by atoms with E-state index >= 15 is 0 Å². The molecule has 4 nitrogen and oxygen atoms in total. The summed E-state index contributed by atoms with van der Waals surface area (Å²) in [6, 6.07) is 14.5. The molecule has 0 bridgehead atoms. The van der Waals surface area contributed by atoms with Crippen LogP contribution < -0.4 is 15.5 Å². The summed E-state index contributed by atoms with van der Waals surface area (Å²) < 4.78 is 0. The third kappa shape index (κ3) is 3.51. The molecule has 3 rings (SSSR count). The number of hydrogen-bond acceptors (Lipinski definition) is 3. The van der Waals surface area contributed by atoms with Crippen molar-refractivity contribution >= 4 is 35.7 Å². The van der Waals surface area contributed by atoms with Crippen LogP contribution in [-0.2, 0) is 6.42 Å². The molecule has 0 aliphatic carbocycles. The minimum Gasteiger partial charge on any atom is -0.341 e. The smallest absolute Gasteiger partial charge is 0.319 e. The van der Waals surface area contributed by atoms with E-state index in [4.69, 9.17) is 0 Å². The Labute approximate surface area is 148 Å². The SMILES string of the molecule is CCN1c2ccccc2Cc2cc(NC(=O)NCCCS)ccc21. The van der Waals surface area contributed by atoms with Gasteiger partial charge in [-0.2, -0.15) is 12.6 Å². The fraction of sp³-hybridized carbons (Fsp3) is 0.316. The lowest BCUT2D eigenvalue weighted by Crippen LogP contribution is -2.30. The highest BCUT2D eigenvalue weighted by Gasteiger charge is 2.21. The lowest BCUT2D eigenvalue weighted by atomic mass is 9.95. The van der Waals surface area contributed by atoms with E-state index in [1.165, 1.54) is 22.5 Å². The number of para-hydroxylation sites is 1. The van der Waals surface area contributed by atoms with Crippen molar-refractivity contribution in [1.29, 1.82) is 0 Å². The fourth-order valence-electron chi connectivity index (χ4n) is 3.12. The van der Waals surface area contributed by atoms with Crippen LogP contribution in [-0.4, -0.2) is 24.9 Å². The molecule has 5 heteroatoms. The molecule has 1 aliphatic rings. The second-order valence-electron chi connectivity index (χ2n) is 5.85. The number of carbonyl (C=O) groups is 1. The summed E-state index contributed by atoms with van der Waals surface area (Å²) in [4.78, 5) is 14.2. The van der Waals surface area contributed by atoms with Gasteiger partial charge in [-0.25, -0.2) is 4.79 Å². The van der Waals surface area contributed by atoms with Gasteiger partial charge >= 0.3 is 6.03 Å². The predicted molar refractivity (Wildman–Crippen MR) is 104 cm³/mol. The molecule has 126 valence electrons. The topological polar surface area (TPSA) is 44.4 Å². The zero-order valence-electron chi connectivity index (χ0n) is 13.9. The van der Waals surface area contributed by atoms with Gasteiger partial charge in [-0.1, -0.05) is 18.2 Å². The molecule has 0 fully saturated rings. The Morgan fingerprint density at radius 1 is 1.17 bits per heavy atom. The van der Waals surface area contributed by atoms with Crippen molar-refractivity contribution in [2.45, 2.75) is 19.8 Å². The number of rotatable bonds is 5. The van der Waals surface area contributed by atoms with Crippen LogP contribution in [0.2, 0.25) is 0 Å². The Bertz CT molecular complexity index is 732. The van der Waals surface area contributed by atoms with Crippen LogP contribution in [0, 0.1) is 0 Å². The van der Waals surface area contributed by atoms with E-state index in [-0.39, 0.29) is 6.03 Å². The Morgan fingerprint density at radius 2 is 1.96 bits per heavy atom. The molecule has 1 heterocycles. The molecule has 2 N–H and O–H groups in total. The summed E-state index contributed by atoms with van der Waals surface area (Å²) in [7, 11) is 0. The number of nitrogens with zero attached hydrogens (tertiary/aromatic N) is 1. The number of anilines is 3. The zero-order valence-corrected chi connectivity index (χ0v) is 14.8. The average molecular weight is 341 g/mol. The molecular formula is C19H23N3OS. The van der Waals surface area contributed by atoms with Gasteiger partial charge in [0.1, 0.15) is 0 Å². The standard InChI is InChI=1S/C19H23N3OS/c1-2-22-17-7-4-3-6-14(17)12-15-13-16(8-9-18(15)22)21-19(23)20-10-5-11-24/h3-4,6-9,13,24H,2,5,10-12H2,1H3,(H2,20,21,23). The highest BCUT2D eigenvalue weighted by molar-refractivity contribution is 7.80. The number of nitrogens with one attached hydrogen (secondary N) is 2. The van der Waals surface area contributed by atoms with Gasteiger partial charge in [0.15, 0.2) is 0 Å². The Morgan fingerprint density at radius 3 is 2.75 bits per heavy atom. The van der Waals surface area contributed by atoms with Crippen LogP contribution in [0.1, 0.15) is 24.5 Å². The Hall–Kier alpha value is -2.14. The molecule has 0 atom stereocenters. The molecule has 2 aromatic rings. The number of amides is 2. The average Bonchev–Trinajstić information content (AvgIpc) is 2.59. The van der Waals surface area contributed by atoms with Crippen LogP contribution >= 0.6 is 12.6 Å². The number of fused-ring (bicyclic) bond motifs is 2. The number of thiol groups is 1. The second kappa shape index (κ2) is 7.62. The first-order chi connectivity index (χ1) is 11.7. The highest BCUT2D eigenvalue weighted by Crippen LogP contribution is 2.39. The van der Waals surface area contributed by atoms with E-state index in [2.05, 4.69) is 71.5 Å². The Kier molecular flexibility index (Phi) is 5.30. The lowest BCUT2D eigenvalue weighted by molar-refractivity contribution is 0.252. The van der Waals surface area contributed by atoms with E-state index in [1.807, 2.05) is 6.07 Å². The molecule has 0 aromatic heterocycles. The zero-order chi connectivity index (χ0) is 16.9. The van der Waals surface area contributed by atoms with Gasteiger partial charge in [0.25, 0.3) is 0 Å². The van der Waals surface area contributed by atoms with Crippen molar-refractivity contribution in [3.05, 3.63) is 53.6 Å². The van der Waals surface area contributed by atoms with Crippen molar-refractivity contribution in [3.63, 3.8) is 0 Å². The Balaban J connectivity index is 1.78. The van der Waals surface area contributed by atoms with Crippen LogP contribution in [0.3, 0.4) is 0 Å². The van der Waals surface area contributed by atoms with Crippen molar-refractivity contribution in [1.82, 2.24) is 5.32 Å². The number of hydrogen-bond donors (Lipinski definition) is 3. The molecule has 0 saturated carbocycles. The van der Waals surface area contributed by atoms with E-state index < -0.39 is 0 Å². The van der Waals surface area contributed by atoms with Gasteiger partial charge in [0.2, 0.25) is 0 Å². The number of urea groups is 1.